The molecule has 2 aliphatic carbocycles. The second-order valence-electron chi connectivity index (χ2n) is 8.57. The van der Waals surface area contributed by atoms with E-state index in [9.17, 15) is 19.5 Å². The van der Waals surface area contributed by atoms with Crippen molar-refractivity contribution in [2.24, 2.45) is 0 Å². The van der Waals surface area contributed by atoms with Crippen molar-refractivity contribution in [2.75, 3.05) is 11.9 Å². The molecule has 5 rings (SSSR count). The number of aliphatic carboxylic acids is 1. The van der Waals surface area contributed by atoms with Gasteiger partial charge in [0.05, 0.1) is 12.0 Å². The SMILES string of the molecule is CC(C(=O)O)N(C(=O)c1occc1NC(=O)OCC1c2ccccc2-c2ccccc21)C1CC1. The van der Waals surface area contributed by atoms with Gasteiger partial charge in [-0.05, 0) is 42.0 Å². The van der Waals surface area contributed by atoms with Crippen LogP contribution in [0, 0.1) is 0 Å². The summed E-state index contributed by atoms with van der Waals surface area (Å²) in [5, 5.41) is 12.0. The summed E-state index contributed by atoms with van der Waals surface area (Å²) in [5.41, 5.74) is 4.59. The van der Waals surface area contributed by atoms with Gasteiger partial charge in [-0.15, -0.1) is 0 Å². The predicted molar refractivity (Wildman–Crippen MR) is 124 cm³/mol. The summed E-state index contributed by atoms with van der Waals surface area (Å²) in [6, 6.07) is 16.4. The lowest BCUT2D eigenvalue weighted by atomic mass is 9.98. The molecule has 174 valence electrons. The van der Waals surface area contributed by atoms with Gasteiger partial charge in [-0.2, -0.15) is 0 Å². The smallest absolute Gasteiger partial charge is 0.411 e. The Bertz CT molecular complexity index is 1220. The van der Waals surface area contributed by atoms with Crippen LogP contribution in [0.3, 0.4) is 0 Å². The summed E-state index contributed by atoms with van der Waals surface area (Å²) in [5.74, 6) is -1.88. The zero-order valence-electron chi connectivity index (χ0n) is 18.6. The number of fused-ring (bicyclic) bond motifs is 3. The zero-order chi connectivity index (χ0) is 23.8. The van der Waals surface area contributed by atoms with E-state index < -0.39 is 24.0 Å². The van der Waals surface area contributed by atoms with E-state index in [-0.39, 0.29) is 30.0 Å². The van der Waals surface area contributed by atoms with E-state index in [1.54, 1.807) is 0 Å². The highest BCUT2D eigenvalue weighted by molar-refractivity contribution is 6.02. The summed E-state index contributed by atoms with van der Waals surface area (Å²) in [6.45, 7) is 1.59. The van der Waals surface area contributed by atoms with Crippen LogP contribution >= 0.6 is 0 Å². The molecule has 1 fully saturated rings. The molecule has 1 atom stereocenters. The fraction of sp³-hybridized carbons (Fsp3) is 0.269. The molecule has 1 saturated carbocycles. The van der Waals surface area contributed by atoms with Crippen molar-refractivity contribution in [1.29, 1.82) is 0 Å². The van der Waals surface area contributed by atoms with Crippen LogP contribution in [0.15, 0.2) is 65.3 Å². The number of carboxylic acids is 1. The number of hydrogen-bond acceptors (Lipinski definition) is 5. The third-order valence-corrected chi connectivity index (χ3v) is 6.39. The molecule has 0 saturated heterocycles. The van der Waals surface area contributed by atoms with Crippen molar-refractivity contribution in [1.82, 2.24) is 4.90 Å². The molecule has 2 N–H and O–H groups in total. The maximum Gasteiger partial charge on any atom is 0.411 e. The number of carbonyl (C=O) groups is 3. The normalized spacial score (nSPS) is 15.2. The first-order chi connectivity index (χ1) is 16.5. The van der Waals surface area contributed by atoms with E-state index in [1.807, 2.05) is 36.4 Å². The molecular weight excluding hydrogens is 436 g/mol. The Morgan fingerprint density at radius 1 is 1.06 bits per heavy atom. The van der Waals surface area contributed by atoms with E-state index in [0.29, 0.717) is 0 Å². The largest absolute Gasteiger partial charge is 0.480 e. The highest BCUT2D eigenvalue weighted by atomic mass is 16.5. The molecule has 8 heteroatoms. The molecule has 34 heavy (non-hydrogen) atoms. The summed E-state index contributed by atoms with van der Waals surface area (Å²) in [7, 11) is 0. The average Bonchev–Trinajstić information content (AvgIpc) is 3.47. The molecule has 3 aromatic rings. The summed E-state index contributed by atoms with van der Waals surface area (Å²) in [6.07, 6.45) is 2.03. The Morgan fingerprint density at radius 2 is 1.68 bits per heavy atom. The number of carbonyl (C=O) groups excluding carboxylic acids is 2. The van der Waals surface area contributed by atoms with E-state index in [0.717, 1.165) is 35.1 Å². The van der Waals surface area contributed by atoms with Crippen LogP contribution in [0.4, 0.5) is 10.5 Å². The highest BCUT2D eigenvalue weighted by Crippen LogP contribution is 2.44. The monoisotopic (exact) mass is 460 g/mol. The summed E-state index contributed by atoms with van der Waals surface area (Å²) in [4.78, 5) is 38.5. The van der Waals surface area contributed by atoms with Gasteiger partial charge in [0, 0.05) is 18.0 Å². The average molecular weight is 460 g/mol. The van der Waals surface area contributed by atoms with Crippen LogP contribution in [-0.2, 0) is 9.53 Å². The predicted octanol–water partition coefficient (Wildman–Crippen LogP) is 4.72. The molecule has 2 amide bonds. The molecule has 0 spiro atoms. The second kappa shape index (κ2) is 8.70. The van der Waals surface area contributed by atoms with E-state index in [4.69, 9.17) is 9.15 Å². The van der Waals surface area contributed by atoms with Crippen molar-refractivity contribution in [2.45, 2.75) is 37.8 Å². The maximum absolute atomic E-state index is 13.1. The fourth-order valence-electron chi connectivity index (χ4n) is 4.56. The Morgan fingerprint density at radius 3 is 2.26 bits per heavy atom. The van der Waals surface area contributed by atoms with E-state index in [2.05, 4.69) is 17.4 Å². The van der Waals surface area contributed by atoms with Crippen LogP contribution in [0.5, 0.6) is 0 Å². The number of amides is 2. The second-order valence-corrected chi connectivity index (χ2v) is 8.57. The lowest BCUT2D eigenvalue weighted by Gasteiger charge is -2.25. The number of anilines is 1. The van der Waals surface area contributed by atoms with E-state index in [1.165, 1.54) is 24.2 Å². The first kappa shape index (κ1) is 21.8. The number of benzene rings is 2. The minimum Gasteiger partial charge on any atom is -0.480 e. The van der Waals surface area contributed by atoms with Crippen LogP contribution in [0.1, 0.15) is 47.4 Å². The Kier molecular flexibility index (Phi) is 5.57. The molecule has 2 aliphatic rings. The van der Waals surface area contributed by atoms with Crippen LogP contribution in [0.25, 0.3) is 11.1 Å². The van der Waals surface area contributed by atoms with Gasteiger partial charge < -0.3 is 19.2 Å². The molecule has 2 aromatic carbocycles. The standard InChI is InChI=1S/C26H24N2O6/c1-15(25(30)31)28(16-10-11-16)24(29)23-22(12-13-33-23)27-26(32)34-14-21-19-8-4-2-6-17(19)18-7-3-5-9-20(18)21/h2-9,12-13,15-16,21H,10-11,14H2,1H3,(H,27,32)(H,30,31). The number of nitrogens with zero attached hydrogens (tertiary/aromatic N) is 1. The minimum absolute atomic E-state index is 0.0922. The molecule has 0 radical (unpaired) electrons. The van der Waals surface area contributed by atoms with Gasteiger partial charge >= 0.3 is 12.1 Å². The van der Waals surface area contributed by atoms with Gasteiger partial charge in [0.1, 0.15) is 12.6 Å². The van der Waals surface area contributed by atoms with Gasteiger partial charge in [-0.3, -0.25) is 10.1 Å². The zero-order valence-corrected chi connectivity index (χ0v) is 18.6. The number of hydrogen-bond donors (Lipinski definition) is 2. The van der Waals surface area contributed by atoms with Gasteiger partial charge in [0.2, 0.25) is 5.76 Å². The van der Waals surface area contributed by atoms with Crippen LogP contribution < -0.4 is 5.32 Å². The van der Waals surface area contributed by atoms with Crippen molar-refractivity contribution in [3.05, 3.63) is 77.7 Å². The molecule has 8 nitrogen and oxygen atoms in total. The summed E-state index contributed by atoms with van der Waals surface area (Å²) < 4.78 is 10.9. The number of carboxylic acid groups (broad SMARTS) is 1. The third kappa shape index (κ3) is 3.91. The summed E-state index contributed by atoms with van der Waals surface area (Å²) >= 11 is 0. The Hall–Kier alpha value is -4.07. The maximum atomic E-state index is 13.1. The number of nitrogens with one attached hydrogen (secondary N) is 1. The van der Waals surface area contributed by atoms with Crippen molar-refractivity contribution in [3.63, 3.8) is 0 Å². The highest BCUT2D eigenvalue weighted by Gasteiger charge is 2.40. The molecule has 0 bridgehead atoms. The van der Waals surface area contributed by atoms with Crippen molar-refractivity contribution in [3.8, 4) is 11.1 Å². The van der Waals surface area contributed by atoms with Crippen molar-refractivity contribution >= 4 is 23.7 Å². The third-order valence-electron chi connectivity index (χ3n) is 6.39. The quantitative estimate of drug-likeness (QED) is 0.528. The molecule has 1 aromatic heterocycles. The Labute approximate surface area is 196 Å². The first-order valence-corrected chi connectivity index (χ1v) is 11.2. The van der Waals surface area contributed by atoms with Crippen LogP contribution in [-0.4, -0.2) is 46.7 Å². The topological polar surface area (TPSA) is 109 Å². The number of rotatable bonds is 7. The number of ether oxygens (including phenoxy) is 1. The molecule has 1 unspecified atom stereocenters. The molecular formula is C26H24N2O6. The lowest BCUT2D eigenvalue weighted by molar-refractivity contribution is -0.141. The van der Waals surface area contributed by atoms with Crippen molar-refractivity contribution < 1.29 is 28.6 Å². The van der Waals surface area contributed by atoms with Crippen LogP contribution in [0.2, 0.25) is 0 Å². The van der Waals surface area contributed by atoms with Gasteiger partial charge in [-0.25, -0.2) is 9.59 Å². The van der Waals surface area contributed by atoms with Gasteiger partial charge in [0.25, 0.3) is 5.91 Å². The fourth-order valence-corrected chi connectivity index (χ4v) is 4.56. The minimum atomic E-state index is -1.10. The van der Waals surface area contributed by atoms with E-state index >= 15 is 0 Å². The first-order valence-electron chi connectivity index (χ1n) is 11.2. The lowest BCUT2D eigenvalue weighted by Crippen LogP contribution is -2.44. The molecule has 1 heterocycles. The van der Waals surface area contributed by atoms with Gasteiger partial charge in [0.15, 0.2) is 0 Å². The Balaban J connectivity index is 1.29. The number of furan rings is 1. The molecule has 0 aliphatic heterocycles. The van der Waals surface area contributed by atoms with Gasteiger partial charge in [-0.1, -0.05) is 48.5 Å².